The molecule has 1 aliphatic heterocycles. The lowest BCUT2D eigenvalue weighted by molar-refractivity contribution is -0.117. The molecule has 2 amide bonds. The van der Waals surface area contributed by atoms with Crippen LogP contribution in [0.4, 0.5) is 11.5 Å². The number of H-pyrrole nitrogens is 1. The molecular formula is C29H33N5O3. The highest BCUT2D eigenvalue weighted by Gasteiger charge is 2.26. The molecule has 1 atom stereocenters. The van der Waals surface area contributed by atoms with Crippen molar-refractivity contribution < 1.29 is 14.3 Å². The predicted molar refractivity (Wildman–Crippen MR) is 145 cm³/mol. The minimum absolute atomic E-state index is 0.0827. The lowest BCUT2D eigenvalue weighted by Crippen LogP contribution is -2.36. The fraction of sp³-hybridized carbons (Fsp3) is 0.345. The Kier molecular flexibility index (Phi) is 7.77. The van der Waals surface area contributed by atoms with Gasteiger partial charge >= 0.3 is 0 Å². The van der Waals surface area contributed by atoms with Crippen LogP contribution in [0.1, 0.15) is 42.9 Å². The fourth-order valence-electron chi connectivity index (χ4n) is 4.38. The molecule has 1 saturated carbocycles. The molecule has 1 aromatic heterocycles. The van der Waals surface area contributed by atoms with E-state index in [0.717, 1.165) is 60.9 Å². The highest BCUT2D eigenvalue weighted by atomic mass is 16.5. The van der Waals surface area contributed by atoms with Gasteiger partial charge in [0.05, 0.1) is 19.1 Å². The Hall–Kier alpha value is -3.75. The van der Waals surface area contributed by atoms with Crippen LogP contribution >= 0.6 is 0 Å². The van der Waals surface area contributed by atoms with Gasteiger partial charge < -0.3 is 15.4 Å². The van der Waals surface area contributed by atoms with Crippen LogP contribution < -0.4 is 10.6 Å². The van der Waals surface area contributed by atoms with Gasteiger partial charge in [-0.2, -0.15) is 5.10 Å². The first-order valence-electron chi connectivity index (χ1n) is 12.9. The predicted octanol–water partition coefficient (Wildman–Crippen LogP) is 4.52. The summed E-state index contributed by atoms with van der Waals surface area (Å²) in [5.74, 6) is 0.618. The Bertz CT molecular complexity index is 1240. The zero-order valence-corrected chi connectivity index (χ0v) is 21.1. The first kappa shape index (κ1) is 24.9. The second-order valence-corrected chi connectivity index (χ2v) is 9.70. The Morgan fingerprint density at radius 1 is 1.05 bits per heavy atom. The van der Waals surface area contributed by atoms with Crippen molar-refractivity contribution in [2.75, 3.05) is 43.5 Å². The normalized spacial score (nSPS) is 17.0. The lowest BCUT2D eigenvalue weighted by atomic mass is 9.97. The quantitative estimate of drug-likeness (QED) is 0.376. The number of nitrogens with zero attached hydrogens (tertiary/aromatic N) is 2. The van der Waals surface area contributed by atoms with Gasteiger partial charge in [0.2, 0.25) is 11.8 Å². The number of nitrogens with one attached hydrogen (secondary N) is 3. The van der Waals surface area contributed by atoms with E-state index >= 15 is 0 Å². The van der Waals surface area contributed by atoms with Crippen molar-refractivity contribution in [2.45, 2.75) is 31.6 Å². The summed E-state index contributed by atoms with van der Waals surface area (Å²) in [4.78, 5) is 27.2. The summed E-state index contributed by atoms with van der Waals surface area (Å²) >= 11 is 0. The number of anilines is 2. The molecule has 3 aromatic rings. The third-order valence-electron chi connectivity index (χ3n) is 6.89. The number of carbonyl (C=O) groups is 2. The number of aromatic nitrogens is 2. The van der Waals surface area contributed by atoms with E-state index in [2.05, 4.69) is 25.7 Å². The third-order valence-corrected chi connectivity index (χ3v) is 6.89. The Labute approximate surface area is 217 Å². The maximum absolute atomic E-state index is 12.7. The summed E-state index contributed by atoms with van der Waals surface area (Å²) in [5.41, 5.74) is 4.86. The van der Waals surface area contributed by atoms with Crippen molar-refractivity contribution in [1.29, 1.82) is 0 Å². The summed E-state index contributed by atoms with van der Waals surface area (Å²) < 4.78 is 5.34. The molecule has 2 aromatic carbocycles. The first-order chi connectivity index (χ1) is 18.0. The largest absolute Gasteiger partial charge is 0.379 e. The van der Waals surface area contributed by atoms with Crippen molar-refractivity contribution in [3.63, 3.8) is 0 Å². The van der Waals surface area contributed by atoms with E-state index in [0.29, 0.717) is 11.7 Å². The van der Waals surface area contributed by atoms with E-state index in [1.807, 2.05) is 67.6 Å². The molecular weight excluding hydrogens is 466 g/mol. The Morgan fingerprint density at radius 2 is 1.73 bits per heavy atom. The van der Waals surface area contributed by atoms with Crippen molar-refractivity contribution in [3.8, 4) is 11.1 Å². The molecule has 3 N–H and O–H groups in total. The lowest BCUT2D eigenvalue weighted by Gasteiger charge is -2.25. The van der Waals surface area contributed by atoms with Crippen molar-refractivity contribution in [3.05, 3.63) is 78.0 Å². The number of carbonyl (C=O) groups excluding carboxylic acids is 2. The van der Waals surface area contributed by atoms with Crippen LogP contribution in [-0.4, -0.2) is 59.8 Å². The molecule has 2 aliphatic rings. The minimum Gasteiger partial charge on any atom is -0.379 e. The van der Waals surface area contributed by atoms with Crippen LogP contribution in [0.15, 0.2) is 66.7 Å². The van der Waals surface area contributed by atoms with E-state index in [-0.39, 0.29) is 17.7 Å². The molecule has 2 heterocycles. The molecule has 192 valence electrons. The zero-order valence-electron chi connectivity index (χ0n) is 21.1. The molecule has 0 spiro atoms. The van der Waals surface area contributed by atoms with Gasteiger partial charge in [-0.15, -0.1) is 0 Å². The van der Waals surface area contributed by atoms with Gasteiger partial charge in [0.15, 0.2) is 5.82 Å². The molecule has 1 unspecified atom stereocenters. The van der Waals surface area contributed by atoms with Gasteiger partial charge in [-0.1, -0.05) is 42.5 Å². The van der Waals surface area contributed by atoms with Crippen molar-refractivity contribution in [1.82, 2.24) is 15.1 Å². The number of morpholine rings is 1. The average molecular weight is 500 g/mol. The highest BCUT2D eigenvalue weighted by molar-refractivity contribution is 5.99. The number of hydrogen-bond donors (Lipinski definition) is 3. The molecule has 1 aliphatic carbocycles. The summed E-state index contributed by atoms with van der Waals surface area (Å²) in [5, 5.41) is 13.0. The Morgan fingerprint density at radius 3 is 2.41 bits per heavy atom. The van der Waals surface area contributed by atoms with Crippen LogP contribution in [0, 0.1) is 0 Å². The van der Waals surface area contributed by atoms with Gasteiger partial charge in [0.25, 0.3) is 0 Å². The van der Waals surface area contributed by atoms with E-state index < -0.39 is 0 Å². The summed E-state index contributed by atoms with van der Waals surface area (Å²) in [6.07, 6.45) is 5.83. The maximum atomic E-state index is 12.7. The number of ether oxygens (including phenoxy) is 1. The highest BCUT2D eigenvalue weighted by Crippen LogP contribution is 2.39. The molecule has 37 heavy (non-hydrogen) atoms. The smallest absolute Gasteiger partial charge is 0.248 e. The van der Waals surface area contributed by atoms with Gasteiger partial charge in [0, 0.05) is 49.1 Å². The molecule has 0 radical (unpaired) electrons. The third kappa shape index (κ3) is 6.72. The van der Waals surface area contributed by atoms with E-state index in [1.165, 1.54) is 12.8 Å². The summed E-state index contributed by atoms with van der Waals surface area (Å²) in [6.45, 7) is 5.92. The van der Waals surface area contributed by atoms with Gasteiger partial charge in [-0.25, -0.2) is 0 Å². The van der Waals surface area contributed by atoms with Gasteiger partial charge in [-0.3, -0.25) is 19.6 Å². The van der Waals surface area contributed by atoms with E-state index in [1.54, 1.807) is 6.08 Å². The van der Waals surface area contributed by atoms with Gasteiger partial charge in [0.1, 0.15) is 0 Å². The number of aromatic amines is 1. The summed E-state index contributed by atoms with van der Waals surface area (Å²) in [6, 6.07) is 17.7. The number of hydrogen-bond acceptors (Lipinski definition) is 5. The van der Waals surface area contributed by atoms with E-state index in [4.69, 9.17) is 4.74 Å². The molecule has 1 saturated heterocycles. The monoisotopic (exact) mass is 499 g/mol. The van der Waals surface area contributed by atoms with Crippen LogP contribution in [-0.2, 0) is 14.3 Å². The summed E-state index contributed by atoms with van der Waals surface area (Å²) in [7, 11) is 0. The van der Waals surface area contributed by atoms with Crippen LogP contribution in [0.5, 0.6) is 0 Å². The molecule has 8 heteroatoms. The first-order valence-corrected chi connectivity index (χ1v) is 12.9. The fourth-order valence-corrected chi connectivity index (χ4v) is 4.38. The molecule has 5 rings (SSSR count). The van der Waals surface area contributed by atoms with Crippen LogP contribution in [0.25, 0.3) is 11.1 Å². The minimum atomic E-state index is -0.302. The van der Waals surface area contributed by atoms with Gasteiger partial charge in [-0.05, 0) is 48.6 Å². The second-order valence-electron chi connectivity index (χ2n) is 9.70. The second kappa shape index (κ2) is 11.5. The Balaban J connectivity index is 1.12. The average Bonchev–Trinajstić information content (AvgIpc) is 3.68. The molecule has 2 fully saturated rings. The molecule has 0 bridgehead atoms. The van der Waals surface area contributed by atoms with E-state index in [9.17, 15) is 9.59 Å². The standard InChI is InChI=1S/C29H33N5O3/c1-20(29(36)31-27-19-26(32-33-27)24-8-9-24)21-4-6-22(7-5-21)23-10-12-25(13-11-23)30-28(35)3-2-14-34-15-17-37-18-16-34/h2-7,10-13,19-20,24H,8-9,14-18H2,1H3,(H,30,35)(H2,31,32,33,36)/b3-2+. The zero-order chi connectivity index (χ0) is 25.6. The van der Waals surface area contributed by atoms with Crippen LogP contribution in [0.3, 0.4) is 0 Å². The SMILES string of the molecule is CC(C(=O)Nc1cc(C2CC2)[nH]n1)c1ccc(-c2ccc(NC(=O)/C=C/CN3CCOCC3)cc2)cc1. The number of amides is 2. The van der Waals surface area contributed by atoms with Crippen molar-refractivity contribution >= 4 is 23.3 Å². The van der Waals surface area contributed by atoms with Crippen molar-refractivity contribution in [2.24, 2.45) is 0 Å². The number of benzene rings is 2. The molecule has 8 nitrogen and oxygen atoms in total. The maximum Gasteiger partial charge on any atom is 0.248 e. The number of rotatable bonds is 9. The topological polar surface area (TPSA) is 99.3 Å². The van der Waals surface area contributed by atoms with Crippen LogP contribution in [0.2, 0.25) is 0 Å².